The average molecular weight is 281 g/mol. The molecule has 1 amide bonds. The van der Waals surface area contributed by atoms with E-state index in [1.54, 1.807) is 19.0 Å². The highest BCUT2D eigenvalue weighted by molar-refractivity contribution is 5.80. The Morgan fingerprint density at radius 2 is 2.10 bits per heavy atom. The zero-order chi connectivity index (χ0) is 15.3. The summed E-state index contributed by atoms with van der Waals surface area (Å²) in [7, 11) is 3.34. The molecule has 20 heavy (non-hydrogen) atoms. The van der Waals surface area contributed by atoms with Crippen LogP contribution in [0, 0.1) is 10.1 Å². The normalized spacial score (nSPS) is 10.2. The van der Waals surface area contributed by atoms with Gasteiger partial charge < -0.3 is 15.5 Å². The molecule has 0 aliphatic rings. The van der Waals surface area contributed by atoms with Gasteiger partial charge in [-0.2, -0.15) is 0 Å². The van der Waals surface area contributed by atoms with Gasteiger partial charge in [-0.25, -0.2) is 4.98 Å². The highest BCUT2D eigenvalue weighted by Crippen LogP contribution is 2.23. The van der Waals surface area contributed by atoms with Crippen molar-refractivity contribution in [3.8, 4) is 0 Å². The minimum Gasteiger partial charge on any atom is -0.378 e. The Morgan fingerprint density at radius 3 is 2.55 bits per heavy atom. The first-order chi connectivity index (χ1) is 9.36. The Balaban J connectivity index is 3.00. The molecule has 1 heterocycles. The number of carbonyl (C=O) groups excluding carboxylic acids is 1. The summed E-state index contributed by atoms with van der Waals surface area (Å²) in [6.45, 7) is 2.75. The molecule has 110 valence electrons. The highest BCUT2D eigenvalue weighted by Gasteiger charge is 2.18. The van der Waals surface area contributed by atoms with Crippen LogP contribution in [0.15, 0.2) is 12.1 Å². The first kappa shape index (κ1) is 15.7. The van der Waals surface area contributed by atoms with Crippen molar-refractivity contribution < 1.29 is 9.72 Å². The summed E-state index contributed by atoms with van der Waals surface area (Å²) in [5.41, 5.74) is 5.34. The molecule has 0 aliphatic heterocycles. The maximum absolute atomic E-state index is 11.8. The van der Waals surface area contributed by atoms with Crippen molar-refractivity contribution in [1.29, 1.82) is 0 Å². The lowest BCUT2D eigenvalue weighted by atomic mass is 10.3. The Morgan fingerprint density at radius 1 is 1.45 bits per heavy atom. The fraction of sp³-hybridized carbons (Fsp3) is 0.500. The second kappa shape index (κ2) is 6.69. The van der Waals surface area contributed by atoms with E-state index in [1.807, 2.05) is 6.92 Å². The number of amides is 1. The first-order valence-corrected chi connectivity index (χ1v) is 6.22. The number of nitrogens with two attached hydrogens (primary N) is 1. The van der Waals surface area contributed by atoms with Gasteiger partial charge in [0.05, 0.1) is 11.5 Å². The van der Waals surface area contributed by atoms with E-state index in [0.29, 0.717) is 12.4 Å². The molecule has 0 spiro atoms. The van der Waals surface area contributed by atoms with Gasteiger partial charge in [-0.05, 0) is 12.5 Å². The van der Waals surface area contributed by atoms with Crippen molar-refractivity contribution >= 4 is 23.2 Å². The summed E-state index contributed by atoms with van der Waals surface area (Å²) in [6, 6.07) is 2.81. The van der Waals surface area contributed by atoms with E-state index < -0.39 is 4.92 Å². The van der Waals surface area contributed by atoms with Crippen LogP contribution in [0.25, 0.3) is 0 Å². The van der Waals surface area contributed by atoms with Crippen LogP contribution < -0.4 is 10.6 Å². The molecule has 0 saturated carbocycles. The molecule has 8 heteroatoms. The molecule has 0 atom stereocenters. The van der Waals surface area contributed by atoms with E-state index in [4.69, 9.17) is 5.73 Å². The summed E-state index contributed by atoms with van der Waals surface area (Å²) in [6.07, 6.45) is 0.819. The third-order valence-corrected chi connectivity index (χ3v) is 2.73. The smallest absolute Gasteiger partial charge is 0.311 e. The van der Waals surface area contributed by atoms with Crippen molar-refractivity contribution in [2.45, 2.75) is 13.3 Å². The minimum atomic E-state index is -0.582. The van der Waals surface area contributed by atoms with E-state index in [2.05, 4.69) is 4.98 Å². The van der Waals surface area contributed by atoms with Crippen LogP contribution in [0.4, 0.5) is 17.3 Å². The summed E-state index contributed by atoms with van der Waals surface area (Å²) in [5, 5.41) is 10.7. The number of anilines is 2. The van der Waals surface area contributed by atoms with Crippen molar-refractivity contribution in [2.24, 2.45) is 0 Å². The Bertz CT molecular complexity index is 504. The number of hydrogen-bond donors (Lipinski definition) is 1. The monoisotopic (exact) mass is 281 g/mol. The number of aromatic nitrogens is 1. The van der Waals surface area contributed by atoms with Gasteiger partial charge in [0.2, 0.25) is 11.7 Å². The molecular formula is C12H19N5O3. The molecule has 0 radical (unpaired) electrons. The second-order valence-corrected chi connectivity index (χ2v) is 4.54. The molecule has 0 unspecified atom stereocenters. The zero-order valence-electron chi connectivity index (χ0n) is 11.9. The number of hydrogen-bond acceptors (Lipinski definition) is 6. The minimum absolute atomic E-state index is 0.0721. The van der Waals surface area contributed by atoms with Gasteiger partial charge >= 0.3 is 5.69 Å². The highest BCUT2D eigenvalue weighted by atomic mass is 16.6. The molecule has 1 aromatic heterocycles. The van der Waals surface area contributed by atoms with Crippen molar-refractivity contribution in [2.75, 3.05) is 37.8 Å². The molecule has 2 N–H and O–H groups in total. The lowest BCUT2D eigenvalue weighted by molar-refractivity contribution is -0.384. The number of rotatable bonds is 6. The van der Waals surface area contributed by atoms with Crippen molar-refractivity contribution in [3.63, 3.8) is 0 Å². The molecule has 0 bridgehead atoms. The predicted octanol–water partition coefficient (Wildman–Crippen LogP) is 0.877. The number of pyridine rings is 1. The fourth-order valence-corrected chi connectivity index (χ4v) is 1.64. The van der Waals surface area contributed by atoms with E-state index in [0.717, 1.165) is 6.42 Å². The number of nitrogen functional groups attached to an aromatic ring is 1. The SMILES string of the molecule is CCCN(CC(=O)N(C)C)c1ccc([N+](=O)[O-])c(N)n1. The molecule has 0 fully saturated rings. The zero-order valence-corrected chi connectivity index (χ0v) is 11.9. The Hall–Kier alpha value is -2.38. The second-order valence-electron chi connectivity index (χ2n) is 4.54. The number of likely N-dealkylation sites (N-methyl/N-ethyl adjacent to an activating group) is 1. The van der Waals surface area contributed by atoms with Crippen LogP contribution in [0.5, 0.6) is 0 Å². The van der Waals surface area contributed by atoms with E-state index in [1.165, 1.54) is 17.0 Å². The van der Waals surface area contributed by atoms with Gasteiger partial charge in [0.1, 0.15) is 5.82 Å². The molecule has 1 aromatic rings. The molecule has 0 saturated heterocycles. The molecule has 0 aliphatic carbocycles. The van der Waals surface area contributed by atoms with Gasteiger partial charge in [-0.3, -0.25) is 14.9 Å². The Kier molecular flexibility index (Phi) is 5.24. The molecular weight excluding hydrogens is 262 g/mol. The third kappa shape index (κ3) is 3.81. The summed E-state index contributed by atoms with van der Waals surface area (Å²) >= 11 is 0. The van der Waals surface area contributed by atoms with Gasteiger partial charge in [-0.15, -0.1) is 0 Å². The van der Waals surface area contributed by atoms with Crippen molar-refractivity contribution in [3.05, 3.63) is 22.2 Å². The van der Waals surface area contributed by atoms with E-state index >= 15 is 0 Å². The van der Waals surface area contributed by atoms with Crippen LogP contribution in [0.1, 0.15) is 13.3 Å². The molecule has 8 nitrogen and oxygen atoms in total. The van der Waals surface area contributed by atoms with Gasteiger partial charge in [0.25, 0.3) is 0 Å². The quantitative estimate of drug-likeness (QED) is 0.612. The van der Waals surface area contributed by atoms with Crippen LogP contribution in [-0.2, 0) is 4.79 Å². The maximum Gasteiger partial charge on any atom is 0.311 e. The van der Waals surface area contributed by atoms with Gasteiger partial charge in [-0.1, -0.05) is 6.92 Å². The molecule has 1 rings (SSSR count). The van der Waals surface area contributed by atoms with E-state index in [9.17, 15) is 14.9 Å². The summed E-state index contributed by atoms with van der Waals surface area (Å²) in [5.74, 6) is 0.244. The predicted molar refractivity (Wildman–Crippen MR) is 76.5 cm³/mol. The van der Waals surface area contributed by atoms with E-state index in [-0.39, 0.29) is 24.0 Å². The van der Waals surface area contributed by atoms with Gasteiger partial charge in [0.15, 0.2) is 0 Å². The number of nitro groups is 1. The van der Waals surface area contributed by atoms with Crippen LogP contribution in [0.3, 0.4) is 0 Å². The summed E-state index contributed by atoms with van der Waals surface area (Å²) < 4.78 is 0. The first-order valence-electron chi connectivity index (χ1n) is 6.22. The van der Waals surface area contributed by atoms with Crippen LogP contribution in [0.2, 0.25) is 0 Å². The number of carbonyl (C=O) groups is 1. The average Bonchev–Trinajstić information content (AvgIpc) is 2.37. The topological polar surface area (TPSA) is 106 Å². The molecule has 0 aromatic carbocycles. The number of nitrogens with zero attached hydrogens (tertiary/aromatic N) is 4. The largest absolute Gasteiger partial charge is 0.378 e. The third-order valence-electron chi connectivity index (χ3n) is 2.73. The Labute approximate surface area is 117 Å². The summed E-state index contributed by atoms with van der Waals surface area (Å²) in [4.78, 5) is 29.2. The van der Waals surface area contributed by atoms with Crippen LogP contribution >= 0.6 is 0 Å². The lowest BCUT2D eigenvalue weighted by Gasteiger charge is -2.24. The standard InChI is InChI=1S/C12H19N5O3/c1-4-7-16(8-11(18)15(2)3)10-6-5-9(17(19)20)12(13)14-10/h5-6H,4,7-8H2,1-3H3,(H2,13,14). The maximum atomic E-state index is 11.8. The van der Waals surface area contributed by atoms with Crippen molar-refractivity contribution in [1.82, 2.24) is 9.88 Å². The lowest BCUT2D eigenvalue weighted by Crippen LogP contribution is -2.37. The van der Waals surface area contributed by atoms with Gasteiger partial charge in [0, 0.05) is 26.7 Å². The van der Waals surface area contributed by atoms with Crippen LogP contribution in [-0.4, -0.2) is 47.9 Å². The fourth-order valence-electron chi connectivity index (χ4n) is 1.64.